The maximum atomic E-state index is 13.8. The Morgan fingerprint density at radius 3 is 2.68 bits per heavy atom. The molecule has 1 aromatic carbocycles. The highest BCUT2D eigenvalue weighted by molar-refractivity contribution is 9.10. The zero-order valence-corrected chi connectivity index (χ0v) is 18.3. The van der Waals surface area contributed by atoms with E-state index < -0.39 is 5.41 Å². The van der Waals surface area contributed by atoms with Crippen molar-refractivity contribution >= 4 is 39.1 Å². The molecule has 2 N–H and O–H groups in total. The first kappa shape index (κ1) is 19.5. The van der Waals surface area contributed by atoms with Crippen LogP contribution in [0, 0.1) is 11.3 Å². The number of halogens is 1. The van der Waals surface area contributed by atoms with Gasteiger partial charge in [-0.3, -0.25) is 14.5 Å². The third kappa shape index (κ3) is 2.41. The SMILES string of the molecule is CN1C(=O)[C@@]2(C(C#N)=C(N)N(c3ccc(Br)cn3)C3=C2C(=O)CCC3)c2ccccc21. The lowest BCUT2D eigenvalue weighted by Crippen LogP contribution is -2.52. The summed E-state index contributed by atoms with van der Waals surface area (Å²) in [6.45, 7) is 0. The number of carbonyl (C=O) groups is 2. The number of hydrogen-bond donors (Lipinski definition) is 1. The van der Waals surface area contributed by atoms with Crippen LogP contribution in [-0.2, 0) is 15.0 Å². The lowest BCUT2D eigenvalue weighted by molar-refractivity contribution is -0.124. The van der Waals surface area contributed by atoms with E-state index >= 15 is 0 Å². The van der Waals surface area contributed by atoms with Crippen LogP contribution in [0.4, 0.5) is 11.5 Å². The Bertz CT molecular complexity index is 1260. The van der Waals surface area contributed by atoms with Crippen molar-refractivity contribution in [3.8, 4) is 6.07 Å². The van der Waals surface area contributed by atoms with Gasteiger partial charge in [0.1, 0.15) is 23.1 Å². The van der Waals surface area contributed by atoms with Gasteiger partial charge in [0.05, 0.1) is 5.57 Å². The average Bonchev–Trinajstić information content (AvgIpc) is 2.98. The standard InChI is InChI=1S/C23H18BrN5O2/c1-28-16-6-3-2-5-14(16)23(22(28)31)15(11-25)21(26)29(19-10-9-13(24)12-27-19)17-7-4-8-18(30)20(17)23/h2-3,5-6,9-10,12H,4,7-8,26H2,1H3/t23-/m1/s1. The van der Waals surface area contributed by atoms with Gasteiger partial charge >= 0.3 is 0 Å². The van der Waals surface area contributed by atoms with Crippen molar-refractivity contribution in [1.29, 1.82) is 5.26 Å². The molecule has 1 amide bonds. The summed E-state index contributed by atoms with van der Waals surface area (Å²) in [4.78, 5) is 34.8. The molecule has 1 atom stereocenters. The summed E-state index contributed by atoms with van der Waals surface area (Å²) in [6, 6.07) is 13.0. The number of ketones is 1. The number of hydrogen-bond acceptors (Lipinski definition) is 6. The van der Waals surface area contributed by atoms with Gasteiger partial charge in [-0.05, 0) is 47.0 Å². The molecule has 0 unspecified atom stereocenters. The molecule has 0 saturated carbocycles. The minimum atomic E-state index is -1.52. The lowest BCUT2D eigenvalue weighted by Gasteiger charge is -2.43. The third-order valence-corrected chi connectivity index (χ3v) is 6.72. The second-order valence-electron chi connectivity index (χ2n) is 7.77. The van der Waals surface area contributed by atoms with E-state index in [9.17, 15) is 14.9 Å². The van der Waals surface area contributed by atoms with Crippen molar-refractivity contribution in [2.45, 2.75) is 24.7 Å². The highest BCUT2D eigenvalue weighted by atomic mass is 79.9. The van der Waals surface area contributed by atoms with Crippen LogP contribution in [0.1, 0.15) is 24.8 Å². The molecule has 0 saturated heterocycles. The number of rotatable bonds is 1. The maximum Gasteiger partial charge on any atom is 0.247 e. The van der Waals surface area contributed by atoms with Crippen LogP contribution in [0.25, 0.3) is 0 Å². The summed E-state index contributed by atoms with van der Waals surface area (Å²) in [7, 11) is 1.66. The molecule has 7 nitrogen and oxygen atoms in total. The van der Waals surface area contributed by atoms with Gasteiger partial charge in [0.15, 0.2) is 5.78 Å². The summed E-state index contributed by atoms with van der Waals surface area (Å²) < 4.78 is 0.795. The minimum absolute atomic E-state index is 0.0630. The van der Waals surface area contributed by atoms with Gasteiger partial charge in [0, 0.05) is 46.7 Å². The van der Waals surface area contributed by atoms with Crippen molar-refractivity contribution in [2.75, 3.05) is 16.8 Å². The van der Waals surface area contributed by atoms with Gasteiger partial charge < -0.3 is 10.6 Å². The monoisotopic (exact) mass is 475 g/mol. The molecule has 3 aliphatic rings. The number of amides is 1. The van der Waals surface area contributed by atoms with E-state index in [2.05, 4.69) is 27.0 Å². The Hall–Kier alpha value is -3.44. The number of carbonyl (C=O) groups excluding carboxylic acids is 2. The molecule has 3 heterocycles. The van der Waals surface area contributed by atoms with Gasteiger partial charge in [-0.15, -0.1) is 0 Å². The fourth-order valence-corrected chi connectivity index (χ4v) is 5.23. The smallest absolute Gasteiger partial charge is 0.247 e. The lowest BCUT2D eigenvalue weighted by atomic mass is 9.64. The van der Waals surface area contributed by atoms with Crippen molar-refractivity contribution in [3.05, 3.63) is 75.3 Å². The highest BCUT2D eigenvalue weighted by Crippen LogP contribution is 2.56. The first-order chi connectivity index (χ1) is 14.9. The Morgan fingerprint density at radius 1 is 1.19 bits per heavy atom. The van der Waals surface area contributed by atoms with Crippen LogP contribution in [0.3, 0.4) is 0 Å². The summed E-state index contributed by atoms with van der Waals surface area (Å²) in [6.07, 6.45) is 3.15. The number of likely N-dealkylation sites (N-methyl/N-ethyl adjacent to an activating group) is 1. The fraction of sp³-hybridized carbons (Fsp3) is 0.217. The number of para-hydroxylation sites is 1. The second kappa shape index (κ2) is 6.79. The number of nitrogens with zero attached hydrogens (tertiary/aromatic N) is 4. The number of pyridine rings is 1. The number of allylic oxidation sites excluding steroid dienone is 1. The van der Waals surface area contributed by atoms with Crippen LogP contribution in [0.5, 0.6) is 0 Å². The largest absolute Gasteiger partial charge is 0.384 e. The Balaban J connectivity index is 1.89. The van der Waals surface area contributed by atoms with Gasteiger partial charge in [0.25, 0.3) is 0 Å². The zero-order chi connectivity index (χ0) is 21.9. The summed E-state index contributed by atoms with van der Waals surface area (Å²) in [5, 5.41) is 10.3. The van der Waals surface area contributed by atoms with Crippen molar-refractivity contribution in [2.24, 2.45) is 5.73 Å². The molecule has 31 heavy (non-hydrogen) atoms. The molecule has 0 fully saturated rings. The van der Waals surface area contributed by atoms with Gasteiger partial charge in [-0.25, -0.2) is 4.98 Å². The molecule has 0 radical (unpaired) electrons. The first-order valence-electron chi connectivity index (χ1n) is 9.89. The van der Waals surface area contributed by atoms with E-state index in [4.69, 9.17) is 5.73 Å². The number of nitriles is 1. The van der Waals surface area contributed by atoms with E-state index in [-0.39, 0.29) is 23.1 Å². The third-order valence-electron chi connectivity index (χ3n) is 6.25. The van der Waals surface area contributed by atoms with Gasteiger partial charge in [-0.1, -0.05) is 18.2 Å². The Labute approximate surface area is 187 Å². The van der Waals surface area contributed by atoms with Crippen LogP contribution in [0.2, 0.25) is 0 Å². The Morgan fingerprint density at radius 2 is 1.97 bits per heavy atom. The maximum absolute atomic E-state index is 13.8. The highest BCUT2D eigenvalue weighted by Gasteiger charge is 2.61. The van der Waals surface area contributed by atoms with E-state index in [1.165, 1.54) is 4.90 Å². The Kier molecular flexibility index (Phi) is 4.27. The van der Waals surface area contributed by atoms with Crippen LogP contribution >= 0.6 is 15.9 Å². The van der Waals surface area contributed by atoms with Gasteiger partial charge in [0.2, 0.25) is 5.91 Å². The summed E-state index contributed by atoms with van der Waals surface area (Å²) in [5.41, 5.74) is 7.41. The van der Waals surface area contributed by atoms with E-state index in [1.54, 1.807) is 30.3 Å². The van der Waals surface area contributed by atoms with Crippen molar-refractivity contribution in [1.82, 2.24) is 4.98 Å². The number of Topliss-reactive ketones (excluding diaryl/α,β-unsaturated/α-hetero) is 1. The molecular formula is C23H18BrN5O2. The van der Waals surface area contributed by atoms with E-state index in [1.807, 2.05) is 24.3 Å². The number of benzene rings is 1. The molecule has 5 rings (SSSR count). The topological polar surface area (TPSA) is 103 Å². The van der Waals surface area contributed by atoms with Crippen LogP contribution in [0.15, 0.2) is 69.7 Å². The predicted molar refractivity (Wildman–Crippen MR) is 119 cm³/mol. The fourth-order valence-electron chi connectivity index (χ4n) is 5.00. The molecule has 2 aliphatic heterocycles. The van der Waals surface area contributed by atoms with E-state index in [0.717, 1.165) is 4.47 Å². The molecule has 0 bridgehead atoms. The molecule has 154 valence electrons. The second-order valence-corrected chi connectivity index (χ2v) is 8.69. The molecular weight excluding hydrogens is 458 g/mol. The molecule has 1 spiro atoms. The first-order valence-corrected chi connectivity index (χ1v) is 10.7. The quantitative estimate of drug-likeness (QED) is 0.678. The minimum Gasteiger partial charge on any atom is -0.384 e. The predicted octanol–water partition coefficient (Wildman–Crippen LogP) is 3.28. The van der Waals surface area contributed by atoms with Crippen LogP contribution in [-0.4, -0.2) is 23.7 Å². The normalized spacial score (nSPS) is 22.7. The number of anilines is 2. The molecule has 1 aliphatic carbocycles. The molecule has 2 aromatic rings. The van der Waals surface area contributed by atoms with Crippen LogP contribution < -0.4 is 15.5 Å². The van der Waals surface area contributed by atoms with Crippen molar-refractivity contribution < 1.29 is 9.59 Å². The van der Waals surface area contributed by atoms with Crippen molar-refractivity contribution in [3.63, 3.8) is 0 Å². The van der Waals surface area contributed by atoms with Gasteiger partial charge in [-0.2, -0.15) is 5.26 Å². The molecule has 8 heteroatoms. The number of nitrogens with two attached hydrogens (primary N) is 1. The molecule has 1 aromatic heterocycles. The number of aromatic nitrogens is 1. The summed E-state index contributed by atoms with van der Waals surface area (Å²) >= 11 is 3.38. The number of fused-ring (bicyclic) bond motifs is 3. The zero-order valence-electron chi connectivity index (χ0n) is 16.7. The summed E-state index contributed by atoms with van der Waals surface area (Å²) in [5.74, 6) is 0.156. The van der Waals surface area contributed by atoms with E-state index in [0.29, 0.717) is 47.6 Å². The average molecular weight is 476 g/mol.